The zero-order valence-corrected chi connectivity index (χ0v) is 19.1. The lowest BCUT2D eigenvalue weighted by molar-refractivity contribution is -0.137. The van der Waals surface area contributed by atoms with Gasteiger partial charge in [-0.3, -0.25) is 14.4 Å². The van der Waals surface area contributed by atoms with Crippen molar-refractivity contribution in [1.82, 2.24) is 5.32 Å². The average molecular weight is 477 g/mol. The van der Waals surface area contributed by atoms with Crippen LogP contribution in [0.2, 0.25) is 0 Å². The van der Waals surface area contributed by atoms with Gasteiger partial charge in [0.2, 0.25) is 5.91 Å². The summed E-state index contributed by atoms with van der Waals surface area (Å²) in [6.45, 7) is 0. The third-order valence-electron chi connectivity index (χ3n) is 5.47. The monoisotopic (exact) mass is 476 g/mol. The summed E-state index contributed by atoms with van der Waals surface area (Å²) in [5, 5.41) is 24.1. The minimum atomic E-state index is -1.10. The predicted molar refractivity (Wildman–Crippen MR) is 133 cm³/mol. The minimum Gasteiger partial charge on any atom is -0.508 e. The molecule has 0 aliphatic carbocycles. The van der Waals surface area contributed by atoms with Gasteiger partial charge in [0.1, 0.15) is 5.75 Å². The van der Waals surface area contributed by atoms with E-state index in [0.717, 1.165) is 10.8 Å². The van der Waals surface area contributed by atoms with Crippen LogP contribution in [0.4, 0.5) is 5.69 Å². The number of unbranched alkanes of at least 4 members (excludes halogenated alkanes) is 1. The van der Waals surface area contributed by atoms with E-state index in [1.807, 2.05) is 24.3 Å². The summed E-state index contributed by atoms with van der Waals surface area (Å²) >= 11 is 0. The number of Topliss-reactive ketones (excluding diaryl/α,β-unsaturated/α-hetero) is 1. The van der Waals surface area contributed by atoms with Gasteiger partial charge < -0.3 is 27.0 Å². The molecule has 0 heterocycles. The van der Waals surface area contributed by atoms with Crippen LogP contribution in [0.5, 0.6) is 5.75 Å². The number of benzene rings is 3. The molecule has 0 fully saturated rings. The van der Waals surface area contributed by atoms with Gasteiger partial charge in [-0.1, -0.05) is 36.4 Å². The van der Waals surface area contributed by atoms with Crippen LogP contribution in [0.3, 0.4) is 0 Å². The van der Waals surface area contributed by atoms with Gasteiger partial charge in [-0.05, 0) is 47.9 Å². The minimum absolute atomic E-state index is 0.0798. The van der Waals surface area contributed by atoms with Crippen LogP contribution in [0.15, 0.2) is 65.7 Å². The molecule has 0 aliphatic heterocycles. The van der Waals surface area contributed by atoms with E-state index in [4.69, 9.17) is 11.5 Å². The van der Waals surface area contributed by atoms with Crippen molar-refractivity contribution in [2.45, 2.75) is 38.1 Å². The van der Waals surface area contributed by atoms with Gasteiger partial charge in [0.25, 0.3) is 0 Å². The van der Waals surface area contributed by atoms with E-state index in [-0.39, 0.29) is 42.7 Å². The lowest BCUT2D eigenvalue weighted by Gasteiger charge is -2.19. The first-order valence-corrected chi connectivity index (χ1v) is 11.2. The molecule has 0 saturated carbocycles. The number of carbonyl (C=O) groups is 3. The van der Waals surface area contributed by atoms with E-state index >= 15 is 0 Å². The summed E-state index contributed by atoms with van der Waals surface area (Å²) in [4.78, 5) is 40.3. The van der Waals surface area contributed by atoms with E-state index < -0.39 is 12.0 Å². The number of hydrogen-bond acceptors (Lipinski definition) is 5. The number of rotatable bonds is 11. The molecule has 1 atom stereocenters. The zero-order chi connectivity index (χ0) is 25.4. The fourth-order valence-corrected chi connectivity index (χ4v) is 3.82. The van der Waals surface area contributed by atoms with Crippen LogP contribution in [-0.4, -0.2) is 33.8 Å². The van der Waals surface area contributed by atoms with Crippen molar-refractivity contribution in [1.29, 1.82) is 0 Å². The summed E-state index contributed by atoms with van der Waals surface area (Å²) in [5.74, 6) is -1.73. The molecule has 9 heteroatoms. The SMILES string of the molecule is NC(N)=Nc1cccc(C(=O)CCCCC(=O)NC(CC(=O)O)c2cc3ccccc3cc2O)c1. The highest BCUT2D eigenvalue weighted by Crippen LogP contribution is 2.31. The quantitative estimate of drug-likeness (QED) is 0.122. The third-order valence-corrected chi connectivity index (χ3v) is 5.47. The molecule has 3 aromatic carbocycles. The number of guanidine groups is 1. The summed E-state index contributed by atoms with van der Waals surface area (Å²) in [6, 6.07) is 16.4. The highest BCUT2D eigenvalue weighted by molar-refractivity contribution is 5.97. The van der Waals surface area contributed by atoms with Crippen LogP contribution in [-0.2, 0) is 9.59 Å². The van der Waals surface area contributed by atoms with Crippen molar-refractivity contribution >= 4 is 40.1 Å². The summed E-state index contributed by atoms with van der Waals surface area (Å²) in [6.07, 6.45) is 0.898. The number of aliphatic carboxylic acids is 1. The van der Waals surface area contributed by atoms with E-state index in [9.17, 15) is 24.6 Å². The molecule has 0 radical (unpaired) electrons. The number of nitrogens with one attached hydrogen (secondary N) is 1. The maximum Gasteiger partial charge on any atom is 0.305 e. The van der Waals surface area contributed by atoms with E-state index in [0.29, 0.717) is 29.7 Å². The summed E-state index contributed by atoms with van der Waals surface area (Å²) in [7, 11) is 0. The molecule has 0 bridgehead atoms. The first kappa shape index (κ1) is 25.2. The highest BCUT2D eigenvalue weighted by Gasteiger charge is 2.21. The van der Waals surface area contributed by atoms with Gasteiger partial charge in [-0.15, -0.1) is 0 Å². The van der Waals surface area contributed by atoms with Crippen molar-refractivity contribution in [2.24, 2.45) is 16.5 Å². The Bertz CT molecular complexity index is 1270. The lowest BCUT2D eigenvalue weighted by atomic mass is 9.98. The molecular weight excluding hydrogens is 448 g/mol. The molecule has 35 heavy (non-hydrogen) atoms. The maximum atomic E-state index is 12.5. The molecule has 7 N–H and O–H groups in total. The number of phenolic OH excluding ortho intramolecular Hbond substituents is 1. The Morgan fingerprint density at radius 2 is 1.60 bits per heavy atom. The van der Waals surface area contributed by atoms with Crippen molar-refractivity contribution in [3.63, 3.8) is 0 Å². The van der Waals surface area contributed by atoms with Gasteiger partial charge in [0.15, 0.2) is 11.7 Å². The second-order valence-corrected chi connectivity index (χ2v) is 8.19. The van der Waals surface area contributed by atoms with Crippen molar-refractivity contribution in [2.75, 3.05) is 0 Å². The number of fused-ring (bicyclic) bond motifs is 1. The molecule has 1 unspecified atom stereocenters. The number of aliphatic imine (C=N–C) groups is 1. The van der Waals surface area contributed by atoms with Gasteiger partial charge in [-0.2, -0.15) is 0 Å². The zero-order valence-electron chi connectivity index (χ0n) is 19.1. The predicted octanol–water partition coefficient (Wildman–Crippen LogP) is 3.53. The van der Waals surface area contributed by atoms with Crippen LogP contribution in [0.25, 0.3) is 10.8 Å². The van der Waals surface area contributed by atoms with Crippen molar-refractivity contribution in [3.8, 4) is 5.75 Å². The standard InChI is InChI=1S/C26H28N4O5/c27-26(28)29-19-9-5-8-18(12-19)22(31)10-3-4-11-24(33)30-21(15-25(34)35)20-13-16-6-1-2-7-17(16)14-23(20)32/h1-2,5-9,12-14,21,32H,3-4,10-11,15H2,(H,30,33)(H,34,35)(H4,27,28,29). The Morgan fingerprint density at radius 1 is 0.914 bits per heavy atom. The van der Waals surface area contributed by atoms with Crippen molar-refractivity contribution in [3.05, 3.63) is 71.8 Å². The molecule has 0 saturated heterocycles. The first-order valence-electron chi connectivity index (χ1n) is 11.2. The molecule has 0 aromatic heterocycles. The van der Waals surface area contributed by atoms with Gasteiger partial charge in [-0.25, -0.2) is 4.99 Å². The third kappa shape index (κ3) is 7.29. The first-order chi connectivity index (χ1) is 16.7. The molecule has 1 amide bonds. The van der Waals surface area contributed by atoms with E-state index in [2.05, 4.69) is 10.3 Å². The van der Waals surface area contributed by atoms with Crippen LogP contribution >= 0.6 is 0 Å². The number of amides is 1. The molecule has 182 valence electrons. The fraction of sp³-hybridized carbons (Fsp3) is 0.231. The Morgan fingerprint density at radius 3 is 2.29 bits per heavy atom. The average Bonchev–Trinajstić information content (AvgIpc) is 2.80. The summed E-state index contributed by atoms with van der Waals surface area (Å²) < 4.78 is 0. The molecule has 0 spiro atoms. The molecule has 3 rings (SSSR count). The number of phenols is 1. The highest BCUT2D eigenvalue weighted by atomic mass is 16.4. The second-order valence-electron chi connectivity index (χ2n) is 8.19. The van der Waals surface area contributed by atoms with Crippen LogP contribution in [0, 0.1) is 0 Å². The molecule has 3 aromatic rings. The lowest BCUT2D eigenvalue weighted by Crippen LogP contribution is -2.30. The fourth-order valence-electron chi connectivity index (χ4n) is 3.82. The Kier molecular flexibility index (Phi) is 8.39. The number of ketones is 1. The Hall–Kier alpha value is -4.40. The van der Waals surface area contributed by atoms with E-state index in [1.165, 1.54) is 0 Å². The Labute approximate surface area is 202 Å². The molecule has 0 aliphatic rings. The molecule has 9 nitrogen and oxygen atoms in total. The number of carboxylic acid groups (broad SMARTS) is 1. The van der Waals surface area contributed by atoms with Gasteiger partial charge >= 0.3 is 5.97 Å². The largest absolute Gasteiger partial charge is 0.508 e. The Balaban J connectivity index is 1.57. The second kappa shape index (κ2) is 11.6. The van der Waals surface area contributed by atoms with Crippen LogP contribution < -0.4 is 16.8 Å². The number of carbonyl (C=O) groups excluding carboxylic acids is 2. The normalized spacial score (nSPS) is 11.5. The smallest absolute Gasteiger partial charge is 0.305 e. The number of hydrogen-bond donors (Lipinski definition) is 5. The van der Waals surface area contributed by atoms with Gasteiger partial charge in [0.05, 0.1) is 18.2 Å². The number of aromatic hydroxyl groups is 1. The molecular formula is C26H28N4O5. The summed E-state index contributed by atoms with van der Waals surface area (Å²) in [5.41, 5.74) is 12.0. The number of nitrogens with two attached hydrogens (primary N) is 2. The van der Waals surface area contributed by atoms with E-state index in [1.54, 1.807) is 36.4 Å². The van der Waals surface area contributed by atoms with Crippen LogP contribution in [0.1, 0.15) is 54.1 Å². The maximum absolute atomic E-state index is 12.5. The topological polar surface area (TPSA) is 168 Å². The van der Waals surface area contributed by atoms with Gasteiger partial charge in [0, 0.05) is 24.0 Å². The number of nitrogens with zero attached hydrogens (tertiary/aromatic N) is 1. The number of carboxylic acids is 1. The van der Waals surface area contributed by atoms with Crippen molar-refractivity contribution < 1.29 is 24.6 Å².